The molecule has 0 bridgehead atoms. The molecule has 2 aromatic carbocycles. The Bertz CT molecular complexity index is 698. The number of nitrogens with one attached hydrogen (secondary N) is 1. The van der Waals surface area contributed by atoms with Gasteiger partial charge < -0.3 is 14.8 Å². The second kappa shape index (κ2) is 8.36. The fourth-order valence-electron chi connectivity index (χ4n) is 1.98. The molecule has 2 aromatic rings. The largest absolute Gasteiger partial charge is 0.497 e. The van der Waals surface area contributed by atoms with E-state index in [1.165, 1.54) is 6.92 Å². The molecule has 24 heavy (non-hydrogen) atoms. The molecule has 2 rings (SSSR count). The lowest BCUT2D eigenvalue weighted by atomic mass is 10.1. The first-order valence-electron chi connectivity index (χ1n) is 7.37. The molecule has 1 N–H and O–H groups in total. The molecular weight excluding hydrogens is 330 g/mol. The summed E-state index contributed by atoms with van der Waals surface area (Å²) in [4.78, 5) is 24.0. The van der Waals surface area contributed by atoms with Crippen LogP contribution in [0.5, 0.6) is 5.75 Å². The molecule has 0 fully saturated rings. The van der Waals surface area contributed by atoms with E-state index in [1.54, 1.807) is 55.6 Å². The molecule has 0 aliphatic carbocycles. The summed E-state index contributed by atoms with van der Waals surface area (Å²) in [5, 5.41) is 3.28. The summed E-state index contributed by atoms with van der Waals surface area (Å²) in [6.07, 6.45) is -0.816. The van der Waals surface area contributed by atoms with Crippen LogP contribution >= 0.6 is 11.6 Å². The molecular formula is C18H18ClNO4. The van der Waals surface area contributed by atoms with Crippen LogP contribution in [0.3, 0.4) is 0 Å². The zero-order chi connectivity index (χ0) is 17.5. The summed E-state index contributed by atoms with van der Waals surface area (Å²) in [6, 6.07) is 13.8. The first-order valence-corrected chi connectivity index (χ1v) is 7.74. The average Bonchev–Trinajstić information content (AvgIpc) is 2.57. The number of amides is 1. The predicted octanol–water partition coefficient (Wildman–Crippen LogP) is 3.46. The standard InChI is InChI=1S/C18H18ClNO4/c1-12(18(22)20-15-7-9-16(23-2)10-8-15)24-17(21)11-13-3-5-14(19)6-4-13/h3-10,12H,11H2,1-2H3,(H,20,22)/t12-/m1/s1. The maximum absolute atomic E-state index is 12.1. The Balaban J connectivity index is 1.85. The van der Waals surface area contributed by atoms with E-state index in [0.717, 1.165) is 5.56 Å². The molecule has 0 heterocycles. The number of carbonyl (C=O) groups is 2. The third-order valence-electron chi connectivity index (χ3n) is 3.30. The van der Waals surface area contributed by atoms with Crippen molar-refractivity contribution in [1.29, 1.82) is 0 Å². The highest BCUT2D eigenvalue weighted by molar-refractivity contribution is 6.30. The van der Waals surface area contributed by atoms with Crippen LogP contribution in [0.2, 0.25) is 5.02 Å². The van der Waals surface area contributed by atoms with E-state index < -0.39 is 18.0 Å². The van der Waals surface area contributed by atoms with Crippen LogP contribution in [0.4, 0.5) is 5.69 Å². The zero-order valence-corrected chi connectivity index (χ0v) is 14.2. The van der Waals surface area contributed by atoms with Gasteiger partial charge in [-0.25, -0.2) is 0 Å². The highest BCUT2D eigenvalue weighted by atomic mass is 35.5. The number of carbonyl (C=O) groups excluding carboxylic acids is 2. The Morgan fingerprint density at radius 1 is 1.08 bits per heavy atom. The summed E-state index contributed by atoms with van der Waals surface area (Å²) in [5.41, 5.74) is 1.37. The summed E-state index contributed by atoms with van der Waals surface area (Å²) >= 11 is 5.79. The van der Waals surface area contributed by atoms with Gasteiger partial charge in [0.05, 0.1) is 13.5 Å². The lowest BCUT2D eigenvalue weighted by Crippen LogP contribution is -2.30. The minimum Gasteiger partial charge on any atom is -0.497 e. The van der Waals surface area contributed by atoms with Gasteiger partial charge in [0.25, 0.3) is 5.91 Å². The second-order valence-electron chi connectivity index (χ2n) is 5.15. The van der Waals surface area contributed by atoms with Crippen molar-refractivity contribution in [2.45, 2.75) is 19.4 Å². The van der Waals surface area contributed by atoms with Gasteiger partial charge in [0.15, 0.2) is 6.10 Å². The molecule has 0 radical (unpaired) electrons. The molecule has 1 amide bonds. The van der Waals surface area contributed by atoms with Gasteiger partial charge in [0, 0.05) is 10.7 Å². The fourth-order valence-corrected chi connectivity index (χ4v) is 2.11. The Labute approximate surface area is 145 Å². The number of ether oxygens (including phenoxy) is 2. The second-order valence-corrected chi connectivity index (χ2v) is 5.59. The maximum atomic E-state index is 12.1. The van der Waals surface area contributed by atoms with Crippen LogP contribution in [-0.2, 0) is 20.7 Å². The number of halogens is 1. The van der Waals surface area contributed by atoms with E-state index in [9.17, 15) is 9.59 Å². The molecule has 0 unspecified atom stereocenters. The van der Waals surface area contributed by atoms with E-state index >= 15 is 0 Å². The van der Waals surface area contributed by atoms with Crippen LogP contribution in [0.25, 0.3) is 0 Å². The summed E-state index contributed by atoms with van der Waals surface area (Å²) in [5.74, 6) is -0.185. The van der Waals surface area contributed by atoms with Crippen molar-refractivity contribution in [2.75, 3.05) is 12.4 Å². The van der Waals surface area contributed by atoms with Gasteiger partial charge in [0.2, 0.25) is 0 Å². The van der Waals surface area contributed by atoms with Crippen LogP contribution in [0.1, 0.15) is 12.5 Å². The molecule has 0 saturated heterocycles. The first kappa shape index (κ1) is 17.8. The third kappa shape index (κ3) is 5.28. The van der Waals surface area contributed by atoms with E-state index in [0.29, 0.717) is 16.5 Å². The lowest BCUT2D eigenvalue weighted by Gasteiger charge is -2.14. The van der Waals surface area contributed by atoms with Crippen LogP contribution in [-0.4, -0.2) is 25.1 Å². The molecule has 0 saturated carbocycles. The molecule has 0 aliphatic heterocycles. The van der Waals surface area contributed by atoms with Crippen molar-refractivity contribution in [3.05, 3.63) is 59.1 Å². The van der Waals surface area contributed by atoms with Crippen molar-refractivity contribution < 1.29 is 19.1 Å². The van der Waals surface area contributed by atoms with Crippen molar-refractivity contribution >= 4 is 29.2 Å². The van der Waals surface area contributed by atoms with Gasteiger partial charge in [-0.1, -0.05) is 23.7 Å². The van der Waals surface area contributed by atoms with Crippen molar-refractivity contribution in [3.63, 3.8) is 0 Å². The minimum atomic E-state index is -0.896. The maximum Gasteiger partial charge on any atom is 0.311 e. The number of anilines is 1. The molecule has 0 aliphatic rings. The normalized spacial score (nSPS) is 11.5. The van der Waals surface area contributed by atoms with Crippen LogP contribution < -0.4 is 10.1 Å². The number of rotatable bonds is 6. The summed E-state index contributed by atoms with van der Waals surface area (Å²) in [6.45, 7) is 1.53. The van der Waals surface area contributed by atoms with E-state index in [4.69, 9.17) is 21.1 Å². The van der Waals surface area contributed by atoms with Gasteiger partial charge in [-0.05, 0) is 48.9 Å². The van der Waals surface area contributed by atoms with E-state index in [2.05, 4.69) is 5.32 Å². The number of hydrogen-bond acceptors (Lipinski definition) is 4. The lowest BCUT2D eigenvalue weighted by molar-refractivity contribution is -0.152. The van der Waals surface area contributed by atoms with Gasteiger partial charge >= 0.3 is 5.97 Å². The molecule has 0 aromatic heterocycles. The van der Waals surface area contributed by atoms with Crippen molar-refractivity contribution in [3.8, 4) is 5.75 Å². The Hall–Kier alpha value is -2.53. The van der Waals surface area contributed by atoms with E-state index in [1.807, 2.05) is 0 Å². The molecule has 5 nitrogen and oxygen atoms in total. The minimum absolute atomic E-state index is 0.0807. The Morgan fingerprint density at radius 2 is 1.71 bits per heavy atom. The molecule has 0 spiro atoms. The number of benzene rings is 2. The zero-order valence-electron chi connectivity index (χ0n) is 13.4. The Kier molecular flexibility index (Phi) is 6.21. The SMILES string of the molecule is COc1ccc(NC(=O)[C@@H](C)OC(=O)Cc2ccc(Cl)cc2)cc1. The highest BCUT2D eigenvalue weighted by Crippen LogP contribution is 2.15. The third-order valence-corrected chi connectivity index (χ3v) is 3.55. The monoisotopic (exact) mass is 347 g/mol. The van der Waals surface area contributed by atoms with Crippen LogP contribution in [0.15, 0.2) is 48.5 Å². The topological polar surface area (TPSA) is 64.6 Å². The number of methoxy groups -OCH3 is 1. The summed E-state index contributed by atoms with van der Waals surface area (Å²) < 4.78 is 10.2. The molecule has 126 valence electrons. The predicted molar refractivity (Wildman–Crippen MR) is 92.3 cm³/mol. The number of hydrogen-bond donors (Lipinski definition) is 1. The first-order chi connectivity index (χ1) is 11.5. The Morgan fingerprint density at radius 3 is 2.29 bits per heavy atom. The van der Waals surface area contributed by atoms with Crippen LogP contribution in [0, 0.1) is 0 Å². The fraction of sp³-hybridized carbons (Fsp3) is 0.222. The van der Waals surface area contributed by atoms with E-state index in [-0.39, 0.29) is 6.42 Å². The van der Waals surface area contributed by atoms with Gasteiger partial charge in [0.1, 0.15) is 5.75 Å². The molecule has 6 heteroatoms. The van der Waals surface area contributed by atoms with Crippen molar-refractivity contribution in [1.82, 2.24) is 0 Å². The van der Waals surface area contributed by atoms with Gasteiger partial charge in [-0.2, -0.15) is 0 Å². The van der Waals surface area contributed by atoms with Crippen molar-refractivity contribution in [2.24, 2.45) is 0 Å². The molecule has 1 atom stereocenters. The summed E-state index contributed by atoms with van der Waals surface area (Å²) in [7, 11) is 1.57. The smallest absolute Gasteiger partial charge is 0.311 e. The highest BCUT2D eigenvalue weighted by Gasteiger charge is 2.18. The van der Waals surface area contributed by atoms with Gasteiger partial charge in [-0.15, -0.1) is 0 Å². The number of esters is 1. The average molecular weight is 348 g/mol. The quantitative estimate of drug-likeness (QED) is 0.813. The van der Waals surface area contributed by atoms with Gasteiger partial charge in [-0.3, -0.25) is 9.59 Å².